The number of ether oxygens (including phenoxy) is 2. The lowest BCUT2D eigenvalue weighted by atomic mass is 10.2. The van der Waals surface area contributed by atoms with Crippen molar-refractivity contribution in [3.63, 3.8) is 0 Å². The molecule has 0 bridgehead atoms. The SMILES string of the molecule is O=C(NCCc1coc(-c2ccccc2)n1)Nc1ccc2c(c1)OCCO2. The number of hydrogen-bond acceptors (Lipinski definition) is 5. The molecule has 2 aromatic carbocycles. The van der Waals surface area contributed by atoms with Gasteiger partial charge in [-0.05, 0) is 24.3 Å². The van der Waals surface area contributed by atoms with E-state index in [2.05, 4.69) is 15.6 Å². The molecule has 2 heterocycles. The summed E-state index contributed by atoms with van der Waals surface area (Å²) in [4.78, 5) is 16.5. The molecule has 0 saturated carbocycles. The van der Waals surface area contributed by atoms with Crippen molar-refractivity contribution in [1.29, 1.82) is 0 Å². The fourth-order valence-corrected chi connectivity index (χ4v) is 2.74. The van der Waals surface area contributed by atoms with E-state index < -0.39 is 0 Å². The topological polar surface area (TPSA) is 85.6 Å². The number of oxazole rings is 1. The van der Waals surface area contributed by atoms with E-state index in [0.29, 0.717) is 49.3 Å². The summed E-state index contributed by atoms with van der Waals surface area (Å²) in [6, 6.07) is 14.7. The molecule has 7 heteroatoms. The minimum absolute atomic E-state index is 0.293. The van der Waals surface area contributed by atoms with E-state index in [1.807, 2.05) is 30.3 Å². The normalized spacial score (nSPS) is 12.4. The summed E-state index contributed by atoms with van der Waals surface area (Å²) < 4.78 is 16.5. The first-order valence-electron chi connectivity index (χ1n) is 8.72. The third kappa shape index (κ3) is 4.20. The third-order valence-corrected chi connectivity index (χ3v) is 4.04. The van der Waals surface area contributed by atoms with E-state index in [0.717, 1.165) is 11.3 Å². The van der Waals surface area contributed by atoms with Crippen molar-refractivity contribution in [2.24, 2.45) is 0 Å². The smallest absolute Gasteiger partial charge is 0.319 e. The van der Waals surface area contributed by atoms with E-state index >= 15 is 0 Å². The summed E-state index contributed by atoms with van der Waals surface area (Å²) in [6.45, 7) is 1.48. The number of benzene rings is 2. The van der Waals surface area contributed by atoms with Gasteiger partial charge in [0.05, 0.1) is 5.69 Å². The highest BCUT2D eigenvalue weighted by Crippen LogP contribution is 2.32. The minimum atomic E-state index is -0.293. The second-order valence-corrected chi connectivity index (χ2v) is 6.00. The van der Waals surface area contributed by atoms with Crippen LogP contribution in [0.2, 0.25) is 0 Å². The number of anilines is 1. The molecule has 0 fully saturated rings. The molecule has 0 radical (unpaired) electrons. The van der Waals surface area contributed by atoms with Gasteiger partial charge in [-0.1, -0.05) is 18.2 Å². The first-order chi connectivity index (χ1) is 13.3. The Morgan fingerprint density at radius 3 is 2.70 bits per heavy atom. The van der Waals surface area contributed by atoms with E-state index in [9.17, 15) is 4.79 Å². The molecule has 0 saturated heterocycles. The number of aromatic nitrogens is 1. The van der Waals surface area contributed by atoms with Gasteiger partial charge >= 0.3 is 6.03 Å². The number of nitrogens with zero attached hydrogens (tertiary/aromatic N) is 1. The van der Waals surface area contributed by atoms with Crippen LogP contribution in [0.5, 0.6) is 11.5 Å². The molecule has 138 valence electrons. The summed E-state index contributed by atoms with van der Waals surface area (Å²) in [7, 11) is 0. The molecular weight excluding hydrogens is 346 g/mol. The molecule has 2 amide bonds. The van der Waals surface area contributed by atoms with Crippen LogP contribution in [0.15, 0.2) is 59.2 Å². The molecular formula is C20H19N3O4. The van der Waals surface area contributed by atoms with Crippen LogP contribution in [0.4, 0.5) is 10.5 Å². The van der Waals surface area contributed by atoms with E-state index in [1.165, 1.54) is 0 Å². The molecule has 0 unspecified atom stereocenters. The number of carbonyl (C=O) groups is 1. The zero-order valence-electron chi connectivity index (χ0n) is 14.6. The van der Waals surface area contributed by atoms with Crippen LogP contribution in [0.1, 0.15) is 5.69 Å². The van der Waals surface area contributed by atoms with Gasteiger partial charge in [0.15, 0.2) is 11.5 Å². The Morgan fingerprint density at radius 1 is 1.04 bits per heavy atom. The lowest BCUT2D eigenvalue weighted by molar-refractivity contribution is 0.171. The molecule has 0 spiro atoms. The van der Waals surface area contributed by atoms with Gasteiger partial charge in [0.25, 0.3) is 0 Å². The van der Waals surface area contributed by atoms with Crippen molar-refractivity contribution in [2.45, 2.75) is 6.42 Å². The molecule has 1 aliphatic heterocycles. The average Bonchev–Trinajstić information content (AvgIpc) is 3.17. The molecule has 0 atom stereocenters. The standard InChI is InChI=1S/C20H19N3O4/c24-20(23-15-6-7-17-18(12-15)26-11-10-25-17)21-9-8-16-13-27-19(22-16)14-4-2-1-3-5-14/h1-7,12-13H,8-11H2,(H2,21,23,24). The molecule has 3 aromatic rings. The molecule has 2 N–H and O–H groups in total. The quantitative estimate of drug-likeness (QED) is 0.723. The fraction of sp³-hybridized carbons (Fsp3) is 0.200. The van der Waals surface area contributed by atoms with Crippen LogP contribution >= 0.6 is 0 Å². The van der Waals surface area contributed by atoms with Crippen LogP contribution in [0.25, 0.3) is 11.5 Å². The van der Waals surface area contributed by atoms with Crippen LogP contribution < -0.4 is 20.1 Å². The lowest BCUT2D eigenvalue weighted by Crippen LogP contribution is -2.30. The molecule has 1 aliphatic rings. The molecule has 7 nitrogen and oxygen atoms in total. The number of fused-ring (bicyclic) bond motifs is 1. The first kappa shape index (κ1) is 17.0. The Kier molecular flexibility index (Phi) is 4.91. The van der Waals surface area contributed by atoms with Crippen molar-refractivity contribution in [3.8, 4) is 23.0 Å². The zero-order chi connectivity index (χ0) is 18.5. The van der Waals surface area contributed by atoms with Crippen LogP contribution in [-0.4, -0.2) is 30.8 Å². The summed E-state index contributed by atoms with van der Waals surface area (Å²) in [5.74, 6) is 1.90. The molecule has 4 rings (SSSR count). The summed E-state index contributed by atoms with van der Waals surface area (Å²) in [5, 5.41) is 5.58. The number of hydrogen-bond donors (Lipinski definition) is 2. The number of carbonyl (C=O) groups excluding carboxylic acids is 1. The van der Waals surface area contributed by atoms with Crippen molar-refractivity contribution in [3.05, 3.63) is 60.5 Å². The maximum absolute atomic E-state index is 12.1. The minimum Gasteiger partial charge on any atom is -0.486 e. The van der Waals surface area contributed by atoms with Gasteiger partial charge in [0.1, 0.15) is 19.5 Å². The van der Waals surface area contributed by atoms with Gasteiger partial charge in [-0.15, -0.1) is 0 Å². The number of amides is 2. The number of rotatable bonds is 5. The Balaban J connectivity index is 1.27. The maximum atomic E-state index is 12.1. The Morgan fingerprint density at radius 2 is 1.85 bits per heavy atom. The predicted octanol–water partition coefficient (Wildman–Crippen LogP) is 3.48. The van der Waals surface area contributed by atoms with Gasteiger partial charge in [0, 0.05) is 30.3 Å². The second kappa shape index (κ2) is 7.82. The van der Waals surface area contributed by atoms with E-state index in [1.54, 1.807) is 24.5 Å². The largest absolute Gasteiger partial charge is 0.486 e. The lowest BCUT2D eigenvalue weighted by Gasteiger charge is -2.19. The summed E-state index contributed by atoms with van der Waals surface area (Å²) in [5.41, 5.74) is 2.35. The van der Waals surface area contributed by atoms with Crippen molar-refractivity contribution >= 4 is 11.7 Å². The Labute approximate surface area is 156 Å². The highest BCUT2D eigenvalue weighted by Gasteiger charge is 2.13. The van der Waals surface area contributed by atoms with Gasteiger partial charge in [0.2, 0.25) is 5.89 Å². The van der Waals surface area contributed by atoms with Crippen molar-refractivity contribution < 1.29 is 18.7 Å². The predicted molar refractivity (Wildman–Crippen MR) is 100 cm³/mol. The van der Waals surface area contributed by atoms with Crippen LogP contribution in [0, 0.1) is 0 Å². The van der Waals surface area contributed by atoms with Crippen LogP contribution in [-0.2, 0) is 6.42 Å². The van der Waals surface area contributed by atoms with Gasteiger partial charge < -0.3 is 24.5 Å². The third-order valence-electron chi connectivity index (χ3n) is 4.04. The van der Waals surface area contributed by atoms with Gasteiger partial charge in [-0.25, -0.2) is 9.78 Å². The van der Waals surface area contributed by atoms with Gasteiger partial charge in [-0.2, -0.15) is 0 Å². The molecule has 27 heavy (non-hydrogen) atoms. The van der Waals surface area contributed by atoms with Gasteiger partial charge in [-0.3, -0.25) is 0 Å². The summed E-state index contributed by atoms with van der Waals surface area (Å²) >= 11 is 0. The zero-order valence-corrected chi connectivity index (χ0v) is 14.6. The highest BCUT2D eigenvalue weighted by atomic mass is 16.6. The maximum Gasteiger partial charge on any atom is 0.319 e. The average molecular weight is 365 g/mol. The second-order valence-electron chi connectivity index (χ2n) is 6.00. The van der Waals surface area contributed by atoms with Crippen LogP contribution in [0.3, 0.4) is 0 Å². The summed E-state index contributed by atoms with van der Waals surface area (Å²) in [6.07, 6.45) is 2.19. The monoisotopic (exact) mass is 365 g/mol. The fourth-order valence-electron chi connectivity index (χ4n) is 2.74. The van der Waals surface area contributed by atoms with E-state index in [4.69, 9.17) is 13.9 Å². The van der Waals surface area contributed by atoms with Crippen molar-refractivity contribution in [1.82, 2.24) is 10.3 Å². The highest BCUT2D eigenvalue weighted by molar-refractivity contribution is 5.89. The van der Waals surface area contributed by atoms with Crippen molar-refractivity contribution in [2.75, 3.05) is 25.1 Å². The number of urea groups is 1. The Hall–Kier alpha value is -3.48. The molecule has 1 aromatic heterocycles. The molecule has 0 aliphatic carbocycles. The van der Waals surface area contributed by atoms with E-state index in [-0.39, 0.29) is 6.03 Å². The number of nitrogens with one attached hydrogen (secondary N) is 2. The first-order valence-corrected chi connectivity index (χ1v) is 8.72. The Bertz CT molecular complexity index is 924.